The molecule has 0 radical (unpaired) electrons. The molecule has 2 aromatic carbocycles. The van der Waals surface area contributed by atoms with Crippen molar-refractivity contribution in [2.45, 2.75) is 26.5 Å². The number of rotatable bonds is 6. The largest absolute Gasteiger partial charge is 0.488 e. The maximum Gasteiger partial charge on any atom is 0.262 e. The van der Waals surface area contributed by atoms with E-state index in [9.17, 15) is 10.1 Å². The van der Waals surface area contributed by atoms with Crippen LogP contribution in [0.1, 0.15) is 25.0 Å². The molecule has 24 heavy (non-hydrogen) atoms. The summed E-state index contributed by atoms with van der Waals surface area (Å²) in [7, 11) is 0. The SMILES string of the molecule is CC(C)NC(=O)/C(C#N)=C/c1ccccc1OCc1ccccc1. The third-order valence-corrected chi connectivity index (χ3v) is 3.24. The van der Waals surface area contributed by atoms with E-state index >= 15 is 0 Å². The second-order valence-electron chi connectivity index (χ2n) is 5.61. The van der Waals surface area contributed by atoms with Gasteiger partial charge < -0.3 is 10.1 Å². The van der Waals surface area contributed by atoms with Crippen LogP contribution in [0, 0.1) is 11.3 Å². The predicted octanol–water partition coefficient (Wildman–Crippen LogP) is 3.70. The minimum atomic E-state index is -0.384. The van der Waals surface area contributed by atoms with Crippen LogP contribution in [0.2, 0.25) is 0 Å². The Hall–Kier alpha value is -3.06. The van der Waals surface area contributed by atoms with E-state index in [4.69, 9.17) is 4.74 Å². The highest BCUT2D eigenvalue weighted by Gasteiger charge is 2.11. The molecule has 0 unspecified atom stereocenters. The van der Waals surface area contributed by atoms with Crippen LogP contribution in [0.5, 0.6) is 5.75 Å². The molecule has 0 aromatic heterocycles. The molecule has 0 spiro atoms. The van der Waals surface area contributed by atoms with Crippen LogP contribution in [0.4, 0.5) is 0 Å². The zero-order valence-corrected chi connectivity index (χ0v) is 13.8. The molecule has 0 aliphatic carbocycles. The van der Waals surface area contributed by atoms with Gasteiger partial charge in [0.05, 0.1) is 0 Å². The fourth-order valence-corrected chi connectivity index (χ4v) is 2.11. The molecule has 0 saturated heterocycles. The fraction of sp³-hybridized carbons (Fsp3) is 0.200. The molecule has 0 atom stereocenters. The molecule has 4 heteroatoms. The summed E-state index contributed by atoms with van der Waals surface area (Å²) in [6, 6.07) is 19.1. The topological polar surface area (TPSA) is 62.1 Å². The van der Waals surface area contributed by atoms with Crippen molar-refractivity contribution in [3.8, 4) is 11.8 Å². The zero-order chi connectivity index (χ0) is 17.4. The number of amides is 1. The van der Waals surface area contributed by atoms with E-state index in [1.165, 1.54) is 0 Å². The fourth-order valence-electron chi connectivity index (χ4n) is 2.11. The molecule has 1 N–H and O–H groups in total. The highest BCUT2D eigenvalue weighted by Crippen LogP contribution is 2.22. The minimum absolute atomic E-state index is 0.0289. The summed E-state index contributed by atoms with van der Waals surface area (Å²) < 4.78 is 5.84. The number of para-hydroxylation sites is 1. The molecule has 0 aliphatic heterocycles. The lowest BCUT2D eigenvalue weighted by molar-refractivity contribution is -0.117. The normalized spacial score (nSPS) is 11.0. The molecule has 0 heterocycles. The van der Waals surface area contributed by atoms with Gasteiger partial charge in [-0.05, 0) is 31.6 Å². The molecule has 4 nitrogen and oxygen atoms in total. The number of nitriles is 1. The molecular weight excluding hydrogens is 300 g/mol. The first kappa shape index (κ1) is 17.3. The van der Waals surface area contributed by atoms with Gasteiger partial charge in [-0.25, -0.2) is 0 Å². The lowest BCUT2D eigenvalue weighted by Gasteiger charge is -2.10. The van der Waals surface area contributed by atoms with Crippen molar-refractivity contribution in [1.29, 1.82) is 5.26 Å². The van der Waals surface area contributed by atoms with Crippen molar-refractivity contribution in [2.24, 2.45) is 0 Å². The Labute approximate surface area is 142 Å². The summed E-state index contributed by atoms with van der Waals surface area (Å²) >= 11 is 0. The van der Waals surface area contributed by atoms with Crippen LogP contribution >= 0.6 is 0 Å². The van der Waals surface area contributed by atoms with Gasteiger partial charge >= 0.3 is 0 Å². The van der Waals surface area contributed by atoms with E-state index in [1.807, 2.05) is 74.5 Å². The molecule has 1 amide bonds. The minimum Gasteiger partial charge on any atom is -0.488 e. The van der Waals surface area contributed by atoms with Gasteiger partial charge in [0.2, 0.25) is 0 Å². The molecule has 2 rings (SSSR count). The maximum atomic E-state index is 12.0. The van der Waals surface area contributed by atoms with Crippen LogP contribution in [-0.4, -0.2) is 11.9 Å². The number of carbonyl (C=O) groups is 1. The monoisotopic (exact) mass is 320 g/mol. The number of nitrogens with one attached hydrogen (secondary N) is 1. The maximum absolute atomic E-state index is 12.0. The number of benzene rings is 2. The van der Waals surface area contributed by atoms with E-state index in [-0.39, 0.29) is 17.5 Å². The summed E-state index contributed by atoms with van der Waals surface area (Å²) in [5, 5.41) is 12.0. The van der Waals surface area contributed by atoms with E-state index < -0.39 is 0 Å². The number of nitrogens with zero attached hydrogens (tertiary/aromatic N) is 1. The second kappa shape index (κ2) is 8.54. The predicted molar refractivity (Wildman–Crippen MR) is 94.1 cm³/mol. The van der Waals surface area contributed by atoms with Gasteiger partial charge in [0.15, 0.2) is 0 Å². The number of carbonyl (C=O) groups excluding carboxylic acids is 1. The Balaban J connectivity index is 2.19. The highest BCUT2D eigenvalue weighted by molar-refractivity contribution is 6.02. The van der Waals surface area contributed by atoms with E-state index in [0.29, 0.717) is 17.9 Å². The first-order valence-electron chi connectivity index (χ1n) is 7.78. The molecule has 122 valence electrons. The van der Waals surface area contributed by atoms with Gasteiger partial charge in [0.1, 0.15) is 24.0 Å². The third kappa shape index (κ3) is 4.99. The lowest BCUT2D eigenvalue weighted by atomic mass is 10.1. The van der Waals surface area contributed by atoms with Gasteiger partial charge in [-0.2, -0.15) is 5.26 Å². The van der Waals surface area contributed by atoms with Gasteiger partial charge in [-0.1, -0.05) is 48.5 Å². The summed E-state index contributed by atoms with van der Waals surface area (Å²) in [5.41, 5.74) is 1.80. The standard InChI is InChI=1S/C20H20N2O2/c1-15(2)22-20(23)18(13-21)12-17-10-6-7-11-19(17)24-14-16-8-4-3-5-9-16/h3-12,15H,14H2,1-2H3,(H,22,23)/b18-12+. The first-order valence-corrected chi connectivity index (χ1v) is 7.78. The number of hydrogen-bond acceptors (Lipinski definition) is 3. The molecule has 0 bridgehead atoms. The average Bonchev–Trinajstić information content (AvgIpc) is 2.59. The Kier molecular flexibility index (Phi) is 6.16. The zero-order valence-electron chi connectivity index (χ0n) is 13.8. The van der Waals surface area contributed by atoms with Crippen molar-refractivity contribution in [1.82, 2.24) is 5.32 Å². The number of hydrogen-bond donors (Lipinski definition) is 1. The Morgan fingerprint density at radius 1 is 1.17 bits per heavy atom. The summed E-state index contributed by atoms with van der Waals surface area (Å²) in [4.78, 5) is 12.0. The quantitative estimate of drug-likeness (QED) is 0.652. The summed E-state index contributed by atoms with van der Waals surface area (Å²) in [5.74, 6) is 0.247. The van der Waals surface area contributed by atoms with Gasteiger partial charge in [-0.3, -0.25) is 4.79 Å². The molecular formula is C20H20N2O2. The van der Waals surface area contributed by atoms with Crippen LogP contribution in [-0.2, 0) is 11.4 Å². The Morgan fingerprint density at radius 3 is 2.50 bits per heavy atom. The van der Waals surface area contributed by atoms with Crippen LogP contribution < -0.4 is 10.1 Å². The Bertz CT molecular complexity index is 759. The van der Waals surface area contributed by atoms with E-state index in [0.717, 1.165) is 5.56 Å². The van der Waals surface area contributed by atoms with Crippen LogP contribution in [0.15, 0.2) is 60.2 Å². The van der Waals surface area contributed by atoms with Crippen molar-refractivity contribution >= 4 is 12.0 Å². The van der Waals surface area contributed by atoms with E-state index in [2.05, 4.69) is 5.32 Å². The van der Waals surface area contributed by atoms with E-state index in [1.54, 1.807) is 6.08 Å². The van der Waals surface area contributed by atoms with Crippen molar-refractivity contribution in [3.05, 3.63) is 71.3 Å². The van der Waals surface area contributed by atoms with Gasteiger partial charge in [0, 0.05) is 11.6 Å². The van der Waals surface area contributed by atoms with Crippen molar-refractivity contribution in [2.75, 3.05) is 0 Å². The molecule has 2 aromatic rings. The molecule has 0 saturated carbocycles. The smallest absolute Gasteiger partial charge is 0.262 e. The van der Waals surface area contributed by atoms with Gasteiger partial charge in [-0.15, -0.1) is 0 Å². The van der Waals surface area contributed by atoms with Crippen LogP contribution in [0.3, 0.4) is 0 Å². The van der Waals surface area contributed by atoms with Crippen LogP contribution in [0.25, 0.3) is 6.08 Å². The highest BCUT2D eigenvalue weighted by atomic mass is 16.5. The number of ether oxygens (including phenoxy) is 1. The summed E-state index contributed by atoms with van der Waals surface area (Å²) in [6.45, 7) is 4.12. The summed E-state index contributed by atoms with van der Waals surface area (Å²) in [6.07, 6.45) is 1.55. The van der Waals surface area contributed by atoms with Gasteiger partial charge in [0.25, 0.3) is 5.91 Å². The van der Waals surface area contributed by atoms with Crippen molar-refractivity contribution < 1.29 is 9.53 Å². The third-order valence-electron chi connectivity index (χ3n) is 3.24. The lowest BCUT2D eigenvalue weighted by Crippen LogP contribution is -2.30. The van der Waals surface area contributed by atoms with Crippen molar-refractivity contribution in [3.63, 3.8) is 0 Å². The second-order valence-corrected chi connectivity index (χ2v) is 5.61. The first-order chi connectivity index (χ1) is 11.6. The average molecular weight is 320 g/mol. The Morgan fingerprint density at radius 2 is 1.83 bits per heavy atom. The molecule has 0 aliphatic rings. The molecule has 0 fully saturated rings.